The molecule has 0 saturated carbocycles. The number of unbranched alkanes of at least 4 members (excludes halogenated alkanes) is 4. The molecule has 1 aliphatic heterocycles. The van der Waals surface area contributed by atoms with Gasteiger partial charge in [-0.15, -0.1) is 0 Å². The third-order valence-electron chi connectivity index (χ3n) is 3.60. The largest absolute Gasteiger partial charge is 0.491 e. The van der Waals surface area contributed by atoms with E-state index >= 15 is 0 Å². The number of benzene rings is 1. The second kappa shape index (κ2) is 8.80. The predicted molar refractivity (Wildman–Crippen MR) is 83.3 cm³/mol. The highest BCUT2D eigenvalue weighted by Crippen LogP contribution is 2.22. The SMILES string of the molecule is C/C=C/CCCCCCc1ccccc1OCC1CO1. The average Bonchev–Trinajstić information content (AvgIpc) is 3.29. The first-order valence-corrected chi connectivity index (χ1v) is 7.83. The highest BCUT2D eigenvalue weighted by atomic mass is 16.6. The molecule has 0 N–H and O–H groups in total. The third-order valence-corrected chi connectivity index (χ3v) is 3.60. The second-order valence-corrected chi connectivity index (χ2v) is 5.40. The topological polar surface area (TPSA) is 21.8 Å². The van der Waals surface area contributed by atoms with Crippen LogP contribution in [0.1, 0.15) is 44.6 Å². The molecule has 0 amide bonds. The van der Waals surface area contributed by atoms with Crippen LogP contribution in [0, 0.1) is 0 Å². The van der Waals surface area contributed by atoms with E-state index in [1.165, 1.54) is 37.7 Å². The van der Waals surface area contributed by atoms with Crippen molar-refractivity contribution in [1.82, 2.24) is 0 Å². The van der Waals surface area contributed by atoms with E-state index in [4.69, 9.17) is 9.47 Å². The van der Waals surface area contributed by atoms with Crippen molar-refractivity contribution in [3.05, 3.63) is 42.0 Å². The number of hydrogen-bond donors (Lipinski definition) is 0. The summed E-state index contributed by atoms with van der Waals surface area (Å²) in [5.41, 5.74) is 1.33. The molecular weight excluding hydrogens is 248 g/mol. The van der Waals surface area contributed by atoms with Gasteiger partial charge in [0.1, 0.15) is 18.5 Å². The van der Waals surface area contributed by atoms with Crippen LogP contribution in [0.5, 0.6) is 5.75 Å². The molecule has 1 atom stereocenters. The molecule has 1 saturated heterocycles. The molecule has 1 aromatic rings. The summed E-state index contributed by atoms with van der Waals surface area (Å²) in [5, 5.41) is 0. The first-order valence-electron chi connectivity index (χ1n) is 7.83. The summed E-state index contributed by atoms with van der Waals surface area (Å²) in [4.78, 5) is 0. The minimum atomic E-state index is 0.328. The maximum atomic E-state index is 5.84. The molecule has 0 aromatic heterocycles. The zero-order valence-electron chi connectivity index (χ0n) is 12.5. The van der Waals surface area contributed by atoms with Crippen LogP contribution in [0.3, 0.4) is 0 Å². The van der Waals surface area contributed by atoms with Gasteiger partial charge in [0.15, 0.2) is 0 Å². The van der Waals surface area contributed by atoms with E-state index < -0.39 is 0 Å². The zero-order chi connectivity index (χ0) is 14.0. The number of aryl methyl sites for hydroxylation is 1. The van der Waals surface area contributed by atoms with Gasteiger partial charge in [-0.2, -0.15) is 0 Å². The van der Waals surface area contributed by atoms with Gasteiger partial charge in [0, 0.05) is 0 Å². The minimum absolute atomic E-state index is 0.328. The smallest absolute Gasteiger partial charge is 0.122 e. The molecule has 1 aliphatic rings. The molecule has 2 heteroatoms. The van der Waals surface area contributed by atoms with Crippen molar-refractivity contribution in [3.63, 3.8) is 0 Å². The molecule has 0 aliphatic carbocycles. The Morgan fingerprint density at radius 1 is 1.20 bits per heavy atom. The van der Waals surface area contributed by atoms with Crippen molar-refractivity contribution in [1.29, 1.82) is 0 Å². The maximum Gasteiger partial charge on any atom is 0.122 e. The molecule has 1 heterocycles. The molecule has 0 bridgehead atoms. The number of ether oxygens (including phenoxy) is 2. The van der Waals surface area contributed by atoms with E-state index in [0.717, 1.165) is 18.8 Å². The van der Waals surface area contributed by atoms with Gasteiger partial charge >= 0.3 is 0 Å². The van der Waals surface area contributed by atoms with E-state index in [0.29, 0.717) is 12.7 Å². The highest BCUT2D eigenvalue weighted by molar-refractivity contribution is 5.33. The monoisotopic (exact) mass is 274 g/mol. The highest BCUT2D eigenvalue weighted by Gasteiger charge is 2.23. The predicted octanol–water partition coefficient (Wildman–Crippen LogP) is 4.53. The maximum absolute atomic E-state index is 5.84. The molecular formula is C18H26O2. The molecule has 2 rings (SSSR count). The number of epoxide rings is 1. The fraction of sp³-hybridized carbons (Fsp3) is 0.556. The van der Waals surface area contributed by atoms with Crippen molar-refractivity contribution in [2.45, 2.75) is 51.6 Å². The van der Waals surface area contributed by atoms with Crippen molar-refractivity contribution in [2.75, 3.05) is 13.2 Å². The Balaban J connectivity index is 1.65. The zero-order valence-corrected chi connectivity index (χ0v) is 12.5. The summed E-state index contributed by atoms with van der Waals surface area (Å²) in [6, 6.07) is 8.40. The summed E-state index contributed by atoms with van der Waals surface area (Å²) in [6.45, 7) is 3.64. The van der Waals surface area contributed by atoms with Gasteiger partial charge < -0.3 is 9.47 Å². The molecule has 2 nitrogen and oxygen atoms in total. The first kappa shape index (κ1) is 15.1. The van der Waals surface area contributed by atoms with Crippen molar-refractivity contribution >= 4 is 0 Å². The van der Waals surface area contributed by atoms with Crippen molar-refractivity contribution in [2.24, 2.45) is 0 Å². The Kier molecular flexibility index (Phi) is 6.65. The van der Waals surface area contributed by atoms with Crippen LogP contribution >= 0.6 is 0 Å². The normalized spacial score (nSPS) is 17.6. The second-order valence-electron chi connectivity index (χ2n) is 5.40. The van der Waals surface area contributed by atoms with Gasteiger partial charge in [0.05, 0.1) is 6.61 Å². The van der Waals surface area contributed by atoms with Crippen LogP contribution in [-0.2, 0) is 11.2 Å². The lowest BCUT2D eigenvalue weighted by molar-refractivity contribution is 0.261. The van der Waals surface area contributed by atoms with Crippen LogP contribution in [0.25, 0.3) is 0 Å². The van der Waals surface area contributed by atoms with Gasteiger partial charge in [-0.3, -0.25) is 0 Å². The van der Waals surface area contributed by atoms with Crippen LogP contribution in [0.2, 0.25) is 0 Å². The number of para-hydroxylation sites is 1. The summed E-state index contributed by atoms with van der Waals surface area (Å²) < 4.78 is 11.0. The van der Waals surface area contributed by atoms with Crippen molar-refractivity contribution < 1.29 is 9.47 Å². The van der Waals surface area contributed by atoms with Crippen LogP contribution in [0.15, 0.2) is 36.4 Å². The Morgan fingerprint density at radius 3 is 2.80 bits per heavy atom. The van der Waals surface area contributed by atoms with Gasteiger partial charge in [0.25, 0.3) is 0 Å². The fourth-order valence-electron chi connectivity index (χ4n) is 2.30. The molecule has 20 heavy (non-hydrogen) atoms. The molecule has 110 valence electrons. The van der Waals surface area contributed by atoms with E-state index in [2.05, 4.69) is 37.3 Å². The van der Waals surface area contributed by atoms with Gasteiger partial charge in [-0.1, -0.05) is 43.2 Å². The van der Waals surface area contributed by atoms with E-state index in [9.17, 15) is 0 Å². The Bertz CT molecular complexity index is 408. The quantitative estimate of drug-likeness (QED) is 0.355. The Hall–Kier alpha value is -1.28. The standard InChI is InChI=1S/C18H26O2/c1-2-3-4-5-6-7-8-11-16-12-9-10-13-18(16)20-15-17-14-19-17/h2-3,9-10,12-13,17H,4-8,11,14-15H2,1H3/b3-2+. The lowest BCUT2D eigenvalue weighted by Gasteiger charge is -2.10. The van der Waals surface area contributed by atoms with Crippen molar-refractivity contribution in [3.8, 4) is 5.75 Å². The van der Waals surface area contributed by atoms with Crippen LogP contribution < -0.4 is 4.74 Å². The van der Waals surface area contributed by atoms with E-state index in [1.807, 2.05) is 6.07 Å². The van der Waals surface area contributed by atoms with Gasteiger partial charge in [-0.05, 0) is 44.2 Å². The van der Waals surface area contributed by atoms with E-state index in [1.54, 1.807) is 0 Å². The first-order chi connectivity index (χ1) is 9.90. The molecule has 1 aromatic carbocycles. The van der Waals surface area contributed by atoms with Crippen LogP contribution in [0.4, 0.5) is 0 Å². The number of allylic oxidation sites excluding steroid dienone is 2. The van der Waals surface area contributed by atoms with Gasteiger partial charge in [0.2, 0.25) is 0 Å². The van der Waals surface area contributed by atoms with E-state index in [-0.39, 0.29) is 0 Å². The minimum Gasteiger partial charge on any atom is -0.491 e. The summed E-state index contributed by atoms with van der Waals surface area (Å²) in [6.07, 6.45) is 12.2. The Labute approximate surface area is 122 Å². The molecule has 0 spiro atoms. The van der Waals surface area contributed by atoms with Gasteiger partial charge in [-0.25, -0.2) is 0 Å². The Morgan fingerprint density at radius 2 is 2.00 bits per heavy atom. The number of rotatable bonds is 10. The summed E-state index contributed by atoms with van der Waals surface area (Å²) in [7, 11) is 0. The molecule has 0 radical (unpaired) electrons. The summed E-state index contributed by atoms with van der Waals surface area (Å²) in [5.74, 6) is 1.04. The lowest BCUT2D eigenvalue weighted by atomic mass is 10.0. The average molecular weight is 274 g/mol. The third kappa shape index (κ3) is 5.79. The van der Waals surface area contributed by atoms with Crippen LogP contribution in [-0.4, -0.2) is 19.3 Å². The number of hydrogen-bond acceptors (Lipinski definition) is 2. The summed E-state index contributed by atoms with van der Waals surface area (Å²) >= 11 is 0. The fourth-order valence-corrected chi connectivity index (χ4v) is 2.30. The molecule has 1 unspecified atom stereocenters. The molecule has 1 fully saturated rings. The lowest BCUT2D eigenvalue weighted by Crippen LogP contribution is -2.05.